The molecular weight excluding hydrogens is 374 g/mol. The van der Waals surface area contributed by atoms with Crippen LogP contribution in [-0.2, 0) is 13.7 Å². The highest BCUT2D eigenvalue weighted by Crippen LogP contribution is 2.19. The van der Waals surface area contributed by atoms with Crippen molar-refractivity contribution in [3.63, 3.8) is 0 Å². The quantitative estimate of drug-likeness (QED) is 0.739. The molecule has 0 spiro atoms. The van der Waals surface area contributed by atoms with Gasteiger partial charge < -0.3 is 5.32 Å². The highest BCUT2D eigenvalue weighted by molar-refractivity contribution is 9.10. The maximum Gasteiger partial charge on any atom is 0.276 e. The average molecular weight is 392 g/mol. The van der Waals surface area contributed by atoms with Crippen LogP contribution in [0, 0.1) is 20.8 Å². The van der Waals surface area contributed by atoms with E-state index in [2.05, 4.69) is 36.5 Å². The number of amides is 1. The average Bonchev–Trinajstić information content (AvgIpc) is 3.20. The number of hydrogen-bond acceptors (Lipinski definition) is 4. The highest BCUT2D eigenvalue weighted by atomic mass is 79.9. The van der Waals surface area contributed by atoms with Gasteiger partial charge in [-0.3, -0.25) is 14.2 Å². The molecule has 24 heavy (non-hydrogen) atoms. The van der Waals surface area contributed by atoms with Gasteiger partial charge in [0.05, 0.1) is 33.4 Å². The Balaban J connectivity index is 1.74. The number of aryl methyl sites for hydroxylation is 2. The zero-order valence-electron chi connectivity index (χ0n) is 13.9. The molecule has 0 radical (unpaired) electrons. The van der Waals surface area contributed by atoms with Crippen molar-refractivity contribution in [1.82, 2.24) is 29.3 Å². The standard InChI is InChI=1S/C15H18BrN7O/c1-9-14(16)11(3)23(19-9)8-22-6-5-12(20-22)15(24)18-13-7-17-21(4)10(13)2/h5-7H,8H2,1-4H3,(H,18,24). The summed E-state index contributed by atoms with van der Waals surface area (Å²) >= 11 is 3.50. The van der Waals surface area contributed by atoms with E-state index >= 15 is 0 Å². The molecule has 0 aliphatic carbocycles. The van der Waals surface area contributed by atoms with E-state index in [9.17, 15) is 4.79 Å². The number of nitrogens with one attached hydrogen (secondary N) is 1. The van der Waals surface area contributed by atoms with Crippen molar-refractivity contribution in [1.29, 1.82) is 0 Å². The van der Waals surface area contributed by atoms with Crippen LogP contribution >= 0.6 is 15.9 Å². The van der Waals surface area contributed by atoms with Crippen LogP contribution in [0.25, 0.3) is 0 Å². The number of aromatic nitrogens is 6. The van der Waals surface area contributed by atoms with Crippen molar-refractivity contribution in [2.45, 2.75) is 27.4 Å². The van der Waals surface area contributed by atoms with E-state index in [0.29, 0.717) is 18.1 Å². The van der Waals surface area contributed by atoms with Crippen LogP contribution in [-0.4, -0.2) is 35.2 Å². The molecule has 0 aromatic carbocycles. The Bertz CT molecular complexity index is 905. The minimum Gasteiger partial charge on any atom is -0.318 e. The Kier molecular flexibility index (Phi) is 4.27. The summed E-state index contributed by atoms with van der Waals surface area (Å²) in [6.07, 6.45) is 3.38. The van der Waals surface area contributed by atoms with Gasteiger partial charge in [-0.15, -0.1) is 0 Å². The molecule has 3 aromatic heterocycles. The molecule has 0 fully saturated rings. The second-order valence-corrected chi connectivity index (χ2v) is 6.38. The van der Waals surface area contributed by atoms with E-state index in [1.807, 2.05) is 32.5 Å². The molecule has 1 amide bonds. The minimum atomic E-state index is -0.264. The van der Waals surface area contributed by atoms with Crippen LogP contribution in [0.5, 0.6) is 0 Å². The molecule has 0 atom stereocenters. The molecule has 0 aliphatic rings. The Morgan fingerprint density at radius 2 is 2.00 bits per heavy atom. The summed E-state index contributed by atoms with van der Waals surface area (Å²) < 4.78 is 6.20. The van der Waals surface area contributed by atoms with Gasteiger partial charge in [0.15, 0.2) is 5.69 Å². The predicted molar refractivity (Wildman–Crippen MR) is 92.9 cm³/mol. The van der Waals surface area contributed by atoms with Gasteiger partial charge in [0.1, 0.15) is 6.67 Å². The van der Waals surface area contributed by atoms with Crippen LogP contribution < -0.4 is 5.32 Å². The summed E-state index contributed by atoms with van der Waals surface area (Å²) in [6, 6.07) is 1.68. The fourth-order valence-corrected chi connectivity index (χ4v) is 2.60. The molecule has 0 unspecified atom stereocenters. The molecular formula is C15H18BrN7O. The smallest absolute Gasteiger partial charge is 0.276 e. The Labute approximate surface area is 147 Å². The Morgan fingerprint density at radius 3 is 2.58 bits per heavy atom. The highest BCUT2D eigenvalue weighted by Gasteiger charge is 2.14. The van der Waals surface area contributed by atoms with E-state index < -0.39 is 0 Å². The molecule has 0 saturated carbocycles. The number of nitrogens with zero attached hydrogens (tertiary/aromatic N) is 6. The second-order valence-electron chi connectivity index (χ2n) is 5.59. The lowest BCUT2D eigenvalue weighted by atomic mass is 10.3. The Morgan fingerprint density at radius 1 is 1.25 bits per heavy atom. The lowest BCUT2D eigenvalue weighted by molar-refractivity contribution is 0.102. The summed E-state index contributed by atoms with van der Waals surface area (Å²) in [7, 11) is 1.83. The number of carbonyl (C=O) groups excluding carboxylic acids is 1. The first-order chi connectivity index (χ1) is 11.4. The maximum absolute atomic E-state index is 12.3. The van der Waals surface area contributed by atoms with Gasteiger partial charge in [0.2, 0.25) is 0 Å². The third-order valence-electron chi connectivity index (χ3n) is 3.93. The molecule has 126 valence electrons. The summed E-state index contributed by atoms with van der Waals surface area (Å²) in [6.45, 7) is 6.25. The van der Waals surface area contributed by atoms with Crippen LogP contribution in [0.1, 0.15) is 27.6 Å². The number of halogens is 1. The second kappa shape index (κ2) is 6.23. The van der Waals surface area contributed by atoms with Crippen LogP contribution in [0.4, 0.5) is 5.69 Å². The molecule has 9 heteroatoms. The number of anilines is 1. The normalized spacial score (nSPS) is 11.0. The molecule has 1 N–H and O–H groups in total. The first-order valence-electron chi connectivity index (χ1n) is 7.39. The first kappa shape index (κ1) is 16.4. The van der Waals surface area contributed by atoms with Crippen molar-refractivity contribution in [3.05, 3.63) is 45.7 Å². The van der Waals surface area contributed by atoms with Gasteiger partial charge in [0.25, 0.3) is 5.91 Å². The van der Waals surface area contributed by atoms with E-state index in [1.165, 1.54) is 0 Å². The van der Waals surface area contributed by atoms with Crippen LogP contribution in [0.15, 0.2) is 22.9 Å². The SMILES string of the molecule is Cc1nn(Cn2ccc(C(=O)Nc3cnn(C)c3C)n2)c(C)c1Br. The third-order valence-corrected chi connectivity index (χ3v) is 5.08. The van der Waals surface area contributed by atoms with Crippen molar-refractivity contribution < 1.29 is 4.79 Å². The minimum absolute atomic E-state index is 0.264. The molecule has 8 nitrogen and oxygen atoms in total. The zero-order chi connectivity index (χ0) is 17.4. The summed E-state index contributed by atoms with van der Waals surface area (Å²) in [4.78, 5) is 12.3. The number of hydrogen-bond donors (Lipinski definition) is 1. The summed E-state index contributed by atoms with van der Waals surface area (Å²) in [5.74, 6) is -0.264. The van der Waals surface area contributed by atoms with Crippen LogP contribution in [0.3, 0.4) is 0 Å². The lowest BCUT2D eigenvalue weighted by Crippen LogP contribution is -2.16. The Hall–Kier alpha value is -2.42. The molecule has 3 aromatic rings. The van der Waals surface area contributed by atoms with Gasteiger partial charge in [-0.05, 0) is 42.8 Å². The van der Waals surface area contributed by atoms with Gasteiger partial charge >= 0.3 is 0 Å². The summed E-state index contributed by atoms with van der Waals surface area (Å²) in [5, 5.41) is 15.7. The van der Waals surface area contributed by atoms with Crippen molar-refractivity contribution >= 4 is 27.5 Å². The monoisotopic (exact) mass is 391 g/mol. The molecule has 0 aliphatic heterocycles. The van der Waals surface area contributed by atoms with Crippen molar-refractivity contribution in [2.75, 3.05) is 5.32 Å². The van der Waals surface area contributed by atoms with Crippen molar-refractivity contribution in [3.8, 4) is 0 Å². The van der Waals surface area contributed by atoms with Gasteiger partial charge in [-0.2, -0.15) is 15.3 Å². The van der Waals surface area contributed by atoms with E-state index in [-0.39, 0.29) is 5.91 Å². The molecule has 3 heterocycles. The van der Waals surface area contributed by atoms with Crippen molar-refractivity contribution in [2.24, 2.45) is 7.05 Å². The first-order valence-corrected chi connectivity index (χ1v) is 8.19. The van der Waals surface area contributed by atoms with E-state index in [4.69, 9.17) is 0 Å². The lowest BCUT2D eigenvalue weighted by Gasteiger charge is -2.05. The fourth-order valence-electron chi connectivity index (χ4n) is 2.32. The largest absolute Gasteiger partial charge is 0.318 e. The topological polar surface area (TPSA) is 82.6 Å². The molecule has 3 rings (SSSR count). The van der Waals surface area contributed by atoms with E-state index in [0.717, 1.165) is 21.6 Å². The predicted octanol–water partition coefficient (Wildman–Crippen LogP) is 2.26. The van der Waals surface area contributed by atoms with Crippen LogP contribution in [0.2, 0.25) is 0 Å². The summed E-state index contributed by atoms with van der Waals surface area (Å²) in [5.41, 5.74) is 3.85. The molecule has 0 bridgehead atoms. The zero-order valence-corrected chi connectivity index (χ0v) is 15.5. The van der Waals surface area contributed by atoms with E-state index in [1.54, 1.807) is 27.8 Å². The number of carbonyl (C=O) groups is 1. The third kappa shape index (κ3) is 2.99. The maximum atomic E-state index is 12.3. The molecule has 0 saturated heterocycles. The van der Waals surface area contributed by atoms with Gasteiger partial charge in [-0.25, -0.2) is 4.68 Å². The van der Waals surface area contributed by atoms with Gasteiger partial charge in [0, 0.05) is 13.2 Å². The number of rotatable bonds is 4. The van der Waals surface area contributed by atoms with Gasteiger partial charge in [-0.1, -0.05) is 0 Å². The fraction of sp³-hybridized carbons (Fsp3) is 0.333.